The molecule has 1 atom stereocenters. The van der Waals surface area contributed by atoms with Crippen LogP contribution < -0.4 is 15.2 Å². The third-order valence-electron chi connectivity index (χ3n) is 3.26. The van der Waals surface area contributed by atoms with E-state index in [1.807, 2.05) is 0 Å². The molecule has 0 aliphatic carbocycles. The molecule has 1 heterocycles. The average Bonchev–Trinajstić information content (AvgIpc) is 2.47. The van der Waals surface area contributed by atoms with E-state index in [-0.39, 0.29) is 17.5 Å². The van der Waals surface area contributed by atoms with Crippen molar-refractivity contribution in [2.75, 3.05) is 18.6 Å². The van der Waals surface area contributed by atoms with Crippen LogP contribution >= 0.6 is 11.8 Å². The van der Waals surface area contributed by atoms with Gasteiger partial charge in [-0.1, -0.05) is 0 Å². The highest BCUT2D eigenvalue weighted by Crippen LogP contribution is 2.23. The number of ether oxygens (including phenoxy) is 1. The van der Waals surface area contributed by atoms with E-state index in [0.29, 0.717) is 11.3 Å². The van der Waals surface area contributed by atoms with E-state index in [1.165, 1.54) is 0 Å². The number of methoxy groups -OCH3 is 1. The molecule has 2 rings (SSSR count). The Bertz CT molecular complexity index is 555. The molecule has 1 unspecified atom stereocenters. The van der Waals surface area contributed by atoms with E-state index >= 15 is 0 Å². The minimum atomic E-state index is -3.49. The Morgan fingerprint density at radius 3 is 2.90 bits per heavy atom. The van der Waals surface area contributed by atoms with Crippen molar-refractivity contribution in [3.63, 3.8) is 0 Å². The molecule has 3 N–H and O–H groups in total. The van der Waals surface area contributed by atoms with Gasteiger partial charge in [0.25, 0.3) is 0 Å². The van der Waals surface area contributed by atoms with Crippen molar-refractivity contribution in [2.24, 2.45) is 5.73 Å². The zero-order valence-corrected chi connectivity index (χ0v) is 13.1. The molecule has 1 aliphatic rings. The third-order valence-corrected chi connectivity index (χ3v) is 6.00. The number of rotatable bonds is 5. The van der Waals surface area contributed by atoms with E-state index in [2.05, 4.69) is 4.72 Å². The van der Waals surface area contributed by atoms with E-state index in [1.54, 1.807) is 37.1 Å². The van der Waals surface area contributed by atoms with Gasteiger partial charge in [-0.3, -0.25) is 0 Å². The summed E-state index contributed by atoms with van der Waals surface area (Å²) in [7, 11) is -1.95. The Morgan fingerprint density at radius 1 is 1.50 bits per heavy atom. The van der Waals surface area contributed by atoms with Crippen LogP contribution in [-0.4, -0.2) is 33.1 Å². The maximum Gasteiger partial charge on any atom is 0.240 e. The van der Waals surface area contributed by atoms with Crippen LogP contribution in [0.3, 0.4) is 0 Å². The van der Waals surface area contributed by atoms with Crippen LogP contribution in [0.4, 0.5) is 0 Å². The molecule has 5 nitrogen and oxygen atoms in total. The predicted molar refractivity (Wildman–Crippen MR) is 81.6 cm³/mol. The second kappa shape index (κ2) is 6.80. The van der Waals surface area contributed by atoms with Crippen molar-refractivity contribution < 1.29 is 13.2 Å². The third kappa shape index (κ3) is 3.66. The summed E-state index contributed by atoms with van der Waals surface area (Å²) < 4.78 is 32.7. The van der Waals surface area contributed by atoms with Crippen molar-refractivity contribution >= 4 is 21.8 Å². The van der Waals surface area contributed by atoms with E-state index < -0.39 is 10.0 Å². The van der Waals surface area contributed by atoms with Crippen LogP contribution in [0.2, 0.25) is 0 Å². The first-order valence-corrected chi connectivity index (χ1v) is 9.17. The van der Waals surface area contributed by atoms with Gasteiger partial charge >= 0.3 is 0 Å². The molecule has 0 spiro atoms. The van der Waals surface area contributed by atoms with Crippen molar-refractivity contribution in [3.05, 3.63) is 23.8 Å². The Kier molecular flexibility index (Phi) is 5.31. The molecule has 1 aromatic carbocycles. The van der Waals surface area contributed by atoms with Crippen LogP contribution in [0, 0.1) is 0 Å². The van der Waals surface area contributed by atoms with Gasteiger partial charge in [0.05, 0.1) is 12.0 Å². The number of benzene rings is 1. The summed E-state index contributed by atoms with van der Waals surface area (Å²) in [5, 5.41) is 0. The fourth-order valence-electron chi connectivity index (χ4n) is 2.20. The van der Waals surface area contributed by atoms with Gasteiger partial charge in [0.2, 0.25) is 10.0 Å². The van der Waals surface area contributed by atoms with Gasteiger partial charge in [0.1, 0.15) is 5.75 Å². The molecule has 1 fully saturated rings. The number of nitrogens with one attached hydrogen (secondary N) is 1. The fourth-order valence-corrected chi connectivity index (χ4v) is 4.70. The summed E-state index contributed by atoms with van der Waals surface area (Å²) in [5.41, 5.74) is 6.31. The second-order valence-corrected chi connectivity index (χ2v) is 7.58. The summed E-state index contributed by atoms with van der Waals surface area (Å²) in [6, 6.07) is 4.79. The number of thioether (sulfide) groups is 1. The number of hydrogen-bond acceptors (Lipinski definition) is 5. The van der Waals surface area contributed by atoms with Crippen molar-refractivity contribution in [1.82, 2.24) is 4.72 Å². The predicted octanol–water partition coefficient (Wildman–Crippen LogP) is 1.33. The lowest BCUT2D eigenvalue weighted by Gasteiger charge is -2.22. The minimum absolute atomic E-state index is 0.0159. The molecule has 0 saturated carbocycles. The second-order valence-electron chi connectivity index (χ2n) is 4.71. The van der Waals surface area contributed by atoms with Gasteiger partial charge < -0.3 is 10.5 Å². The monoisotopic (exact) mass is 316 g/mol. The molecule has 1 saturated heterocycles. The number of sulfonamides is 1. The average molecular weight is 316 g/mol. The Morgan fingerprint density at radius 2 is 2.30 bits per heavy atom. The van der Waals surface area contributed by atoms with E-state index in [0.717, 1.165) is 24.3 Å². The first-order chi connectivity index (χ1) is 9.56. The Balaban J connectivity index is 2.20. The summed E-state index contributed by atoms with van der Waals surface area (Å²) in [4.78, 5) is 0.245. The molecule has 112 valence electrons. The van der Waals surface area contributed by atoms with Crippen LogP contribution in [0.5, 0.6) is 5.75 Å². The summed E-state index contributed by atoms with van der Waals surface area (Å²) in [6.45, 7) is 0.242. The minimum Gasteiger partial charge on any atom is -0.496 e. The highest BCUT2D eigenvalue weighted by atomic mass is 32.2. The van der Waals surface area contributed by atoms with E-state index in [4.69, 9.17) is 10.5 Å². The van der Waals surface area contributed by atoms with Crippen LogP contribution in [-0.2, 0) is 16.6 Å². The molecular formula is C13H20N2O3S2. The van der Waals surface area contributed by atoms with Gasteiger partial charge in [0, 0.05) is 23.9 Å². The summed E-state index contributed by atoms with van der Waals surface area (Å²) in [6.07, 6.45) is 1.95. The van der Waals surface area contributed by atoms with Gasteiger partial charge in [-0.2, -0.15) is 11.8 Å². The normalized spacial score (nSPS) is 19.8. The molecule has 1 aromatic rings. The number of hydrogen-bond donors (Lipinski definition) is 2. The van der Waals surface area contributed by atoms with Crippen molar-refractivity contribution in [3.8, 4) is 5.75 Å². The summed E-state index contributed by atoms with van der Waals surface area (Å²) >= 11 is 1.79. The summed E-state index contributed by atoms with van der Waals surface area (Å²) in [5.74, 6) is 2.55. The highest BCUT2D eigenvalue weighted by Gasteiger charge is 2.22. The quantitative estimate of drug-likeness (QED) is 0.856. The molecule has 0 radical (unpaired) electrons. The standard InChI is InChI=1S/C13H20N2O3S2/c1-18-13-5-4-12(7-10(13)8-14)20(16,17)15-11-3-2-6-19-9-11/h4-5,7,11,15H,2-3,6,8-9,14H2,1H3. The number of nitrogens with two attached hydrogens (primary N) is 1. The highest BCUT2D eigenvalue weighted by molar-refractivity contribution is 7.99. The van der Waals surface area contributed by atoms with Crippen LogP contribution in [0.1, 0.15) is 18.4 Å². The van der Waals surface area contributed by atoms with Gasteiger partial charge in [0.15, 0.2) is 0 Å². The first-order valence-electron chi connectivity index (χ1n) is 6.54. The van der Waals surface area contributed by atoms with Gasteiger partial charge in [-0.25, -0.2) is 13.1 Å². The Labute approximate surface area is 124 Å². The molecule has 7 heteroatoms. The maximum absolute atomic E-state index is 12.4. The molecule has 0 bridgehead atoms. The van der Waals surface area contributed by atoms with Crippen LogP contribution in [0.25, 0.3) is 0 Å². The van der Waals surface area contributed by atoms with Gasteiger partial charge in [-0.05, 0) is 36.8 Å². The molecule has 0 amide bonds. The smallest absolute Gasteiger partial charge is 0.240 e. The largest absolute Gasteiger partial charge is 0.496 e. The van der Waals surface area contributed by atoms with Gasteiger partial charge in [-0.15, -0.1) is 0 Å². The topological polar surface area (TPSA) is 81.4 Å². The Hall–Kier alpha value is -0.760. The lowest BCUT2D eigenvalue weighted by molar-refractivity contribution is 0.409. The lowest BCUT2D eigenvalue weighted by atomic mass is 10.2. The molecule has 1 aliphatic heterocycles. The molecular weight excluding hydrogens is 296 g/mol. The zero-order chi connectivity index (χ0) is 14.6. The lowest BCUT2D eigenvalue weighted by Crippen LogP contribution is -2.38. The zero-order valence-electron chi connectivity index (χ0n) is 11.5. The molecule has 0 aromatic heterocycles. The maximum atomic E-state index is 12.4. The van der Waals surface area contributed by atoms with Crippen LogP contribution in [0.15, 0.2) is 23.1 Å². The SMILES string of the molecule is COc1ccc(S(=O)(=O)NC2CCCSC2)cc1CN. The van der Waals surface area contributed by atoms with Crippen molar-refractivity contribution in [1.29, 1.82) is 0 Å². The van der Waals surface area contributed by atoms with Crippen molar-refractivity contribution in [2.45, 2.75) is 30.3 Å². The van der Waals surface area contributed by atoms with E-state index in [9.17, 15) is 8.42 Å². The first kappa shape index (κ1) is 15.6. The fraction of sp³-hybridized carbons (Fsp3) is 0.538. The molecule has 20 heavy (non-hydrogen) atoms.